The van der Waals surface area contributed by atoms with Crippen molar-refractivity contribution in [3.63, 3.8) is 0 Å². The molecule has 0 fully saturated rings. The monoisotopic (exact) mass is 276 g/mol. The molecule has 0 spiro atoms. The van der Waals surface area contributed by atoms with Gasteiger partial charge in [-0.2, -0.15) is 0 Å². The summed E-state index contributed by atoms with van der Waals surface area (Å²) in [5, 5.41) is 3.04. The van der Waals surface area contributed by atoms with E-state index in [0.717, 1.165) is 38.8 Å². The van der Waals surface area contributed by atoms with E-state index < -0.39 is 0 Å². The van der Waals surface area contributed by atoms with Crippen LogP contribution in [0.3, 0.4) is 0 Å². The second-order valence-electron chi connectivity index (χ2n) is 5.25. The van der Waals surface area contributed by atoms with Gasteiger partial charge in [-0.05, 0) is 37.3 Å². The van der Waals surface area contributed by atoms with E-state index >= 15 is 0 Å². The average Bonchev–Trinajstić information content (AvgIpc) is 2.45. The van der Waals surface area contributed by atoms with Gasteiger partial charge in [0.05, 0.1) is 0 Å². The summed E-state index contributed by atoms with van der Waals surface area (Å²) in [4.78, 5) is 14.1. The molecule has 0 saturated carbocycles. The number of benzene rings is 1. The number of carbonyl (C=O) groups excluding carboxylic acids is 1. The first-order valence-corrected chi connectivity index (χ1v) is 7.76. The third-order valence-electron chi connectivity index (χ3n) is 3.49. The van der Waals surface area contributed by atoms with Crippen LogP contribution in [-0.4, -0.2) is 30.6 Å². The quantitative estimate of drug-likeness (QED) is 0.770. The summed E-state index contributed by atoms with van der Waals surface area (Å²) in [5.74, 6) is 0. The van der Waals surface area contributed by atoms with Crippen LogP contribution in [-0.2, 0) is 6.42 Å². The predicted octanol–water partition coefficient (Wildman–Crippen LogP) is 3.76. The Morgan fingerprint density at radius 2 is 1.90 bits per heavy atom. The number of hydrogen-bond donors (Lipinski definition) is 1. The maximum Gasteiger partial charge on any atom is 0.317 e. The molecule has 0 atom stereocenters. The maximum absolute atomic E-state index is 12.1. The van der Waals surface area contributed by atoms with Crippen molar-refractivity contribution < 1.29 is 4.79 Å². The fourth-order valence-electron chi connectivity index (χ4n) is 2.24. The molecule has 1 aromatic carbocycles. The average molecular weight is 276 g/mol. The molecule has 3 heteroatoms. The number of nitrogens with zero attached hydrogens (tertiary/aromatic N) is 1. The molecule has 0 heterocycles. The van der Waals surface area contributed by atoms with Gasteiger partial charge in [0.2, 0.25) is 0 Å². The third-order valence-corrected chi connectivity index (χ3v) is 3.49. The molecule has 20 heavy (non-hydrogen) atoms. The van der Waals surface area contributed by atoms with Gasteiger partial charge >= 0.3 is 6.03 Å². The van der Waals surface area contributed by atoms with Crippen LogP contribution >= 0.6 is 0 Å². The number of carbonyl (C=O) groups is 1. The van der Waals surface area contributed by atoms with Crippen molar-refractivity contribution >= 4 is 6.03 Å². The first kappa shape index (κ1) is 16.5. The van der Waals surface area contributed by atoms with E-state index in [1.165, 1.54) is 11.1 Å². The van der Waals surface area contributed by atoms with Crippen molar-refractivity contribution in [3.8, 4) is 0 Å². The molecule has 0 aliphatic carbocycles. The molecule has 2 amide bonds. The van der Waals surface area contributed by atoms with Crippen molar-refractivity contribution in [2.24, 2.45) is 0 Å². The summed E-state index contributed by atoms with van der Waals surface area (Å²) in [6.07, 6.45) is 4.10. The summed E-state index contributed by atoms with van der Waals surface area (Å²) in [5.41, 5.74) is 2.60. The van der Waals surface area contributed by atoms with Crippen LogP contribution in [0.15, 0.2) is 24.3 Å². The van der Waals surface area contributed by atoms with Gasteiger partial charge < -0.3 is 10.2 Å². The van der Waals surface area contributed by atoms with Gasteiger partial charge in [-0.25, -0.2) is 4.79 Å². The molecule has 0 aliphatic heterocycles. The van der Waals surface area contributed by atoms with Crippen molar-refractivity contribution in [1.82, 2.24) is 10.2 Å². The summed E-state index contributed by atoms with van der Waals surface area (Å²) in [6, 6.07) is 8.42. The predicted molar refractivity (Wildman–Crippen MR) is 85.1 cm³/mol. The largest absolute Gasteiger partial charge is 0.338 e. The first-order chi connectivity index (χ1) is 9.69. The van der Waals surface area contributed by atoms with E-state index in [2.05, 4.69) is 44.3 Å². The van der Waals surface area contributed by atoms with E-state index in [4.69, 9.17) is 0 Å². The van der Waals surface area contributed by atoms with Crippen LogP contribution in [0.4, 0.5) is 4.79 Å². The molecule has 0 aliphatic rings. The van der Waals surface area contributed by atoms with Crippen LogP contribution in [0.25, 0.3) is 0 Å². The normalized spacial score (nSPS) is 10.3. The fraction of sp³-hybridized carbons (Fsp3) is 0.588. The lowest BCUT2D eigenvalue weighted by atomic mass is 10.1. The minimum Gasteiger partial charge on any atom is -0.338 e. The first-order valence-electron chi connectivity index (χ1n) is 7.76. The minimum absolute atomic E-state index is 0.0777. The Morgan fingerprint density at radius 3 is 2.55 bits per heavy atom. The highest BCUT2D eigenvalue weighted by Crippen LogP contribution is 2.07. The summed E-state index contributed by atoms with van der Waals surface area (Å²) in [7, 11) is 0. The lowest BCUT2D eigenvalue weighted by Gasteiger charge is -2.22. The molecule has 0 aromatic heterocycles. The van der Waals surface area contributed by atoms with Crippen molar-refractivity contribution in [1.29, 1.82) is 0 Å². The van der Waals surface area contributed by atoms with Gasteiger partial charge in [-0.15, -0.1) is 0 Å². The molecular formula is C17H28N2O. The summed E-state index contributed by atoms with van der Waals surface area (Å²) >= 11 is 0. The highest BCUT2D eigenvalue weighted by atomic mass is 16.2. The standard InChI is InChI=1S/C17H28N2O/c1-4-6-14-19(13-5-2)17(20)18-12-11-16-10-8-7-9-15(16)3/h7-10H,4-6,11-14H2,1-3H3,(H,18,20). The molecule has 112 valence electrons. The van der Waals surface area contributed by atoms with E-state index in [1.54, 1.807) is 0 Å². The van der Waals surface area contributed by atoms with E-state index in [1.807, 2.05) is 11.0 Å². The highest BCUT2D eigenvalue weighted by Gasteiger charge is 2.11. The second kappa shape index (κ2) is 9.40. The van der Waals surface area contributed by atoms with Crippen LogP contribution < -0.4 is 5.32 Å². The van der Waals surface area contributed by atoms with Crippen LogP contribution in [0, 0.1) is 6.92 Å². The number of rotatable bonds is 8. The van der Waals surface area contributed by atoms with E-state index in [9.17, 15) is 4.79 Å². The van der Waals surface area contributed by atoms with Gasteiger partial charge in [0.25, 0.3) is 0 Å². The Bertz CT molecular complexity index is 404. The smallest absolute Gasteiger partial charge is 0.317 e. The molecule has 0 saturated heterocycles. The zero-order valence-electron chi connectivity index (χ0n) is 13.1. The second-order valence-corrected chi connectivity index (χ2v) is 5.25. The Labute approximate surface area is 123 Å². The zero-order chi connectivity index (χ0) is 14.8. The third kappa shape index (κ3) is 5.64. The molecule has 0 unspecified atom stereocenters. The van der Waals surface area contributed by atoms with E-state index in [-0.39, 0.29) is 6.03 Å². The molecule has 1 rings (SSSR count). The summed E-state index contributed by atoms with van der Waals surface area (Å²) < 4.78 is 0. The van der Waals surface area contributed by atoms with Gasteiger partial charge in [0.15, 0.2) is 0 Å². The number of amides is 2. The molecular weight excluding hydrogens is 248 g/mol. The van der Waals surface area contributed by atoms with Gasteiger partial charge in [0.1, 0.15) is 0 Å². The van der Waals surface area contributed by atoms with Crippen LogP contribution in [0.1, 0.15) is 44.2 Å². The van der Waals surface area contributed by atoms with E-state index in [0.29, 0.717) is 6.54 Å². The van der Waals surface area contributed by atoms with Gasteiger partial charge in [-0.1, -0.05) is 44.5 Å². The molecule has 1 aromatic rings. The minimum atomic E-state index is 0.0777. The van der Waals surface area contributed by atoms with Gasteiger partial charge in [-0.3, -0.25) is 0 Å². The van der Waals surface area contributed by atoms with Crippen LogP contribution in [0.2, 0.25) is 0 Å². The number of nitrogens with one attached hydrogen (secondary N) is 1. The van der Waals surface area contributed by atoms with Crippen molar-refractivity contribution in [2.75, 3.05) is 19.6 Å². The number of aryl methyl sites for hydroxylation is 1. The number of urea groups is 1. The summed E-state index contributed by atoms with van der Waals surface area (Å²) in [6.45, 7) is 8.79. The highest BCUT2D eigenvalue weighted by molar-refractivity contribution is 5.74. The van der Waals surface area contributed by atoms with Crippen molar-refractivity contribution in [3.05, 3.63) is 35.4 Å². The topological polar surface area (TPSA) is 32.3 Å². The molecule has 0 radical (unpaired) electrons. The molecule has 1 N–H and O–H groups in total. The Morgan fingerprint density at radius 1 is 1.15 bits per heavy atom. The lowest BCUT2D eigenvalue weighted by Crippen LogP contribution is -2.41. The fourth-order valence-corrected chi connectivity index (χ4v) is 2.24. The number of unbranched alkanes of at least 4 members (excludes halogenated alkanes) is 1. The van der Waals surface area contributed by atoms with Crippen molar-refractivity contribution in [2.45, 2.75) is 46.5 Å². The Balaban J connectivity index is 2.38. The van der Waals surface area contributed by atoms with Crippen LogP contribution in [0.5, 0.6) is 0 Å². The number of hydrogen-bond acceptors (Lipinski definition) is 1. The maximum atomic E-state index is 12.1. The Kier molecular flexibility index (Phi) is 7.78. The molecule has 0 bridgehead atoms. The van der Waals surface area contributed by atoms with Gasteiger partial charge in [0, 0.05) is 19.6 Å². The molecule has 3 nitrogen and oxygen atoms in total. The zero-order valence-corrected chi connectivity index (χ0v) is 13.1. The Hall–Kier alpha value is -1.51. The lowest BCUT2D eigenvalue weighted by molar-refractivity contribution is 0.197. The SMILES string of the molecule is CCCCN(CCC)C(=O)NCCc1ccccc1C.